The van der Waals surface area contributed by atoms with Crippen molar-refractivity contribution in [2.75, 3.05) is 53.4 Å². The topological polar surface area (TPSA) is 53.1 Å². The van der Waals surface area contributed by atoms with Gasteiger partial charge in [0.05, 0.1) is 12.0 Å². The van der Waals surface area contributed by atoms with Gasteiger partial charge in [-0.05, 0) is 38.6 Å². The van der Waals surface area contributed by atoms with Gasteiger partial charge in [0.15, 0.2) is 0 Å². The molecule has 0 saturated carbocycles. The van der Waals surface area contributed by atoms with E-state index in [9.17, 15) is 8.42 Å². The van der Waals surface area contributed by atoms with E-state index in [-0.39, 0.29) is 0 Å². The molecule has 2 aliphatic rings. The molecule has 2 aromatic carbocycles. The van der Waals surface area contributed by atoms with E-state index < -0.39 is 10.0 Å². The van der Waals surface area contributed by atoms with E-state index in [4.69, 9.17) is 4.74 Å². The number of fused-ring (bicyclic) bond motifs is 1. The monoisotopic (exact) mass is 403 g/mol. The largest absolute Gasteiger partial charge is 0.496 e. The minimum atomic E-state index is -3.54. The predicted molar refractivity (Wildman–Crippen MR) is 111 cm³/mol. The lowest BCUT2D eigenvalue weighted by molar-refractivity contribution is 0.0824. The number of methoxy groups -OCH3 is 1. The lowest BCUT2D eigenvalue weighted by atomic mass is 10.0. The summed E-state index contributed by atoms with van der Waals surface area (Å²) in [5, 5.41) is 1.55. The average Bonchev–Trinajstić information content (AvgIpc) is 2.73. The van der Waals surface area contributed by atoms with Crippen molar-refractivity contribution in [3.63, 3.8) is 0 Å². The molecular weight excluding hydrogens is 374 g/mol. The predicted octanol–water partition coefficient (Wildman–Crippen LogP) is 2.25. The van der Waals surface area contributed by atoms with Gasteiger partial charge in [0.25, 0.3) is 0 Å². The standard InChI is InChI=1S/C21H29N3O3S/c1-22-11-5-6-17(16-22)23-12-14-24(15-13-23)28(25,26)21-10-9-20(27-2)18-7-3-4-8-19(18)21/h3-4,7-10,17H,5-6,11-16H2,1-2H3. The van der Waals surface area contributed by atoms with Gasteiger partial charge in [0.2, 0.25) is 10.0 Å². The van der Waals surface area contributed by atoms with E-state index in [0.29, 0.717) is 29.8 Å². The number of likely N-dealkylation sites (N-methyl/N-ethyl adjacent to an activating group) is 1. The Morgan fingerprint density at radius 2 is 1.68 bits per heavy atom. The molecule has 0 bridgehead atoms. The molecule has 152 valence electrons. The fourth-order valence-corrected chi connectivity index (χ4v) is 6.15. The second-order valence-electron chi connectivity index (χ2n) is 7.81. The maximum absolute atomic E-state index is 13.4. The fourth-order valence-electron chi connectivity index (χ4n) is 4.53. The van der Waals surface area contributed by atoms with E-state index in [1.807, 2.05) is 24.3 Å². The van der Waals surface area contributed by atoms with Gasteiger partial charge in [0, 0.05) is 49.5 Å². The average molecular weight is 404 g/mol. The molecule has 7 heteroatoms. The Hall–Kier alpha value is -1.67. The zero-order valence-electron chi connectivity index (χ0n) is 16.7. The van der Waals surface area contributed by atoms with Crippen molar-refractivity contribution in [3.05, 3.63) is 36.4 Å². The number of rotatable bonds is 4. The summed E-state index contributed by atoms with van der Waals surface area (Å²) in [6.07, 6.45) is 2.43. The summed E-state index contributed by atoms with van der Waals surface area (Å²) in [5.41, 5.74) is 0. The van der Waals surface area contributed by atoms with Crippen LogP contribution in [-0.2, 0) is 10.0 Å². The summed E-state index contributed by atoms with van der Waals surface area (Å²) < 4.78 is 33.8. The number of hydrogen-bond acceptors (Lipinski definition) is 5. The molecule has 28 heavy (non-hydrogen) atoms. The fraction of sp³-hybridized carbons (Fsp3) is 0.524. The molecule has 6 nitrogen and oxygen atoms in total. The van der Waals surface area contributed by atoms with Gasteiger partial charge in [-0.2, -0.15) is 4.31 Å². The Morgan fingerprint density at radius 3 is 2.36 bits per heavy atom. The summed E-state index contributed by atoms with van der Waals surface area (Å²) in [5.74, 6) is 0.695. The number of benzene rings is 2. The van der Waals surface area contributed by atoms with Gasteiger partial charge in [-0.15, -0.1) is 0 Å². The summed E-state index contributed by atoms with van der Waals surface area (Å²) in [7, 11) is 0.239. The van der Waals surface area contributed by atoms with Crippen LogP contribution in [0.15, 0.2) is 41.3 Å². The SMILES string of the molecule is COc1ccc(S(=O)(=O)N2CCN(C3CCCN(C)C3)CC2)c2ccccc12. The molecule has 2 fully saturated rings. The number of likely N-dealkylation sites (tertiary alicyclic amines) is 1. The van der Waals surface area contributed by atoms with Gasteiger partial charge in [-0.1, -0.05) is 24.3 Å². The van der Waals surface area contributed by atoms with E-state index in [0.717, 1.165) is 37.0 Å². The minimum absolute atomic E-state index is 0.370. The number of nitrogens with zero attached hydrogens (tertiary/aromatic N) is 3. The smallest absolute Gasteiger partial charge is 0.243 e. The van der Waals surface area contributed by atoms with Crippen molar-refractivity contribution in [1.29, 1.82) is 0 Å². The molecule has 4 rings (SSSR count). The lowest BCUT2D eigenvalue weighted by Crippen LogP contribution is -2.55. The summed E-state index contributed by atoms with van der Waals surface area (Å²) in [6, 6.07) is 11.5. The van der Waals surface area contributed by atoms with Crippen molar-refractivity contribution in [2.45, 2.75) is 23.8 Å². The molecular formula is C21H29N3O3S. The summed E-state index contributed by atoms with van der Waals surface area (Å²) in [6.45, 7) is 4.93. The van der Waals surface area contributed by atoms with Crippen LogP contribution in [0.3, 0.4) is 0 Å². The van der Waals surface area contributed by atoms with E-state index >= 15 is 0 Å². The molecule has 2 aliphatic heterocycles. The Labute approximate surface area is 167 Å². The molecule has 0 N–H and O–H groups in total. The molecule has 0 spiro atoms. The van der Waals surface area contributed by atoms with Crippen LogP contribution in [0.2, 0.25) is 0 Å². The minimum Gasteiger partial charge on any atom is -0.496 e. The van der Waals surface area contributed by atoms with Crippen LogP contribution in [0.25, 0.3) is 10.8 Å². The maximum atomic E-state index is 13.4. The molecule has 2 aromatic rings. The highest BCUT2D eigenvalue weighted by Crippen LogP contribution is 2.32. The highest BCUT2D eigenvalue weighted by Gasteiger charge is 2.33. The van der Waals surface area contributed by atoms with Crippen molar-refractivity contribution in [2.24, 2.45) is 0 Å². The second-order valence-corrected chi connectivity index (χ2v) is 9.72. The van der Waals surface area contributed by atoms with Gasteiger partial charge in [0.1, 0.15) is 5.75 Å². The van der Waals surface area contributed by atoms with E-state index in [2.05, 4.69) is 16.8 Å². The first-order valence-electron chi connectivity index (χ1n) is 9.99. The first-order valence-corrected chi connectivity index (χ1v) is 11.4. The van der Waals surface area contributed by atoms with Crippen molar-refractivity contribution >= 4 is 20.8 Å². The van der Waals surface area contributed by atoms with Gasteiger partial charge >= 0.3 is 0 Å². The Morgan fingerprint density at radius 1 is 0.964 bits per heavy atom. The van der Waals surface area contributed by atoms with Gasteiger partial charge < -0.3 is 9.64 Å². The highest BCUT2D eigenvalue weighted by atomic mass is 32.2. The third-order valence-corrected chi connectivity index (χ3v) is 8.03. The highest BCUT2D eigenvalue weighted by molar-refractivity contribution is 7.89. The van der Waals surface area contributed by atoms with Crippen LogP contribution in [-0.4, -0.2) is 82.0 Å². The quantitative estimate of drug-likeness (QED) is 0.784. The van der Waals surface area contributed by atoms with Gasteiger partial charge in [-0.25, -0.2) is 8.42 Å². The lowest BCUT2D eigenvalue weighted by Gasteiger charge is -2.42. The Balaban J connectivity index is 1.55. The molecule has 0 amide bonds. The van der Waals surface area contributed by atoms with Gasteiger partial charge in [-0.3, -0.25) is 4.90 Å². The van der Waals surface area contributed by atoms with Crippen LogP contribution in [0, 0.1) is 0 Å². The van der Waals surface area contributed by atoms with Crippen molar-refractivity contribution in [1.82, 2.24) is 14.1 Å². The van der Waals surface area contributed by atoms with Crippen molar-refractivity contribution in [3.8, 4) is 5.75 Å². The van der Waals surface area contributed by atoms with Crippen LogP contribution >= 0.6 is 0 Å². The molecule has 0 aliphatic carbocycles. The molecule has 2 saturated heterocycles. The first-order chi connectivity index (χ1) is 13.5. The summed E-state index contributed by atoms with van der Waals surface area (Å²) in [4.78, 5) is 5.21. The molecule has 0 aromatic heterocycles. The Kier molecular flexibility index (Phi) is 5.60. The van der Waals surface area contributed by atoms with Crippen LogP contribution in [0.5, 0.6) is 5.75 Å². The third kappa shape index (κ3) is 3.64. The van der Waals surface area contributed by atoms with E-state index in [1.54, 1.807) is 23.5 Å². The number of sulfonamides is 1. The molecule has 2 heterocycles. The molecule has 1 atom stereocenters. The molecule has 0 radical (unpaired) electrons. The van der Waals surface area contributed by atoms with Crippen LogP contribution in [0.4, 0.5) is 0 Å². The van der Waals surface area contributed by atoms with Crippen molar-refractivity contribution < 1.29 is 13.2 Å². The second kappa shape index (κ2) is 7.99. The zero-order valence-corrected chi connectivity index (χ0v) is 17.5. The zero-order chi connectivity index (χ0) is 19.7. The van der Waals surface area contributed by atoms with Crippen LogP contribution in [0.1, 0.15) is 12.8 Å². The number of hydrogen-bond donors (Lipinski definition) is 0. The summed E-state index contributed by atoms with van der Waals surface area (Å²) >= 11 is 0. The third-order valence-electron chi connectivity index (χ3n) is 6.07. The normalized spacial score (nSPS) is 23.1. The van der Waals surface area contributed by atoms with E-state index in [1.165, 1.54) is 12.8 Å². The number of piperidine rings is 1. The number of ether oxygens (including phenoxy) is 1. The Bertz CT molecular complexity index is 939. The number of piperazine rings is 1. The van der Waals surface area contributed by atoms with Crippen LogP contribution < -0.4 is 4.74 Å². The first kappa shape index (κ1) is 19.6. The molecule has 1 unspecified atom stereocenters. The maximum Gasteiger partial charge on any atom is 0.243 e.